The van der Waals surface area contributed by atoms with Gasteiger partial charge in [0.05, 0.1) is 6.42 Å². The molecule has 0 saturated heterocycles. The third kappa shape index (κ3) is 2.37. The molecule has 1 aromatic rings. The van der Waals surface area contributed by atoms with Crippen LogP contribution in [0.5, 0.6) is 0 Å². The van der Waals surface area contributed by atoms with Gasteiger partial charge in [-0.15, -0.1) is 4.48 Å². The Kier molecular flexibility index (Phi) is 2.60. The molecule has 0 bridgehead atoms. The quantitative estimate of drug-likeness (QED) is 0.636. The average molecular weight is 153 g/mol. The molecular weight excluding hydrogens is 145 g/mol. The van der Waals surface area contributed by atoms with E-state index in [1.165, 1.54) is 0 Å². The van der Waals surface area contributed by atoms with Gasteiger partial charge in [-0.3, -0.25) is 4.79 Å². The van der Waals surface area contributed by atoms with Crippen molar-refractivity contribution in [3.05, 3.63) is 35.9 Å². The summed E-state index contributed by atoms with van der Waals surface area (Å²) in [5.41, 5.74) is 1.88. The summed E-state index contributed by atoms with van der Waals surface area (Å²) >= 11 is 0. The van der Waals surface area contributed by atoms with Crippen molar-refractivity contribution in [3.63, 3.8) is 0 Å². The van der Waals surface area contributed by atoms with Gasteiger partial charge in [-0.25, -0.2) is 0 Å². The van der Waals surface area contributed by atoms with Crippen LogP contribution in [0.3, 0.4) is 0 Å². The Bertz CT molecular complexity index is 235. The number of amides is 1. The summed E-state index contributed by atoms with van der Waals surface area (Å²) in [6.45, 7) is 0. The molecule has 3 heteroatoms. The molecule has 1 N–H and O–H groups in total. The highest BCUT2D eigenvalue weighted by molar-refractivity contribution is 5.77. The molecule has 0 atom stereocenters. The fraction of sp³-hybridized carbons (Fsp3) is 0.125. The maximum Gasteiger partial charge on any atom is 0.252 e. The molecule has 0 aliphatic carbocycles. The van der Waals surface area contributed by atoms with Crippen LogP contribution in [0, 0.1) is 0 Å². The van der Waals surface area contributed by atoms with Crippen LogP contribution < -0.4 is 5.54 Å². The number of carbonyl (C=O) groups is 1. The maximum absolute atomic E-state index is 11.5. The summed E-state index contributed by atoms with van der Waals surface area (Å²) in [4.78, 5) is 10.5. The van der Waals surface area contributed by atoms with E-state index in [1.54, 1.807) is 24.3 Å². The van der Waals surface area contributed by atoms with Crippen LogP contribution in [-0.2, 0) is 11.2 Å². The van der Waals surface area contributed by atoms with Crippen molar-refractivity contribution in [3.8, 4) is 0 Å². The van der Waals surface area contributed by atoms with Gasteiger partial charge >= 0.3 is 0 Å². The second kappa shape index (κ2) is 3.71. The summed E-state index contributed by atoms with van der Waals surface area (Å²) in [7, 11) is 0. The van der Waals surface area contributed by atoms with Crippen LogP contribution in [0.15, 0.2) is 30.3 Å². The fourth-order valence-electron chi connectivity index (χ4n) is 0.815. The van der Waals surface area contributed by atoms with Crippen molar-refractivity contribution in [1.82, 2.24) is 5.54 Å². The van der Waals surface area contributed by atoms with Gasteiger partial charge in [-0.1, -0.05) is 30.3 Å². The first-order chi connectivity index (χ1) is 5.33. The van der Waals surface area contributed by atoms with Gasteiger partial charge in [0, 0.05) is 0 Å². The molecule has 0 aliphatic heterocycles. The van der Waals surface area contributed by atoms with Crippen LogP contribution in [0.2, 0.25) is 0 Å². The normalized spacial score (nSPS) is 9.18. The third-order valence-corrected chi connectivity index (χ3v) is 1.31. The molecule has 0 saturated carbocycles. The molecule has 0 spiro atoms. The first-order valence-electron chi connectivity index (χ1n) is 3.26. The van der Waals surface area contributed by atoms with Crippen molar-refractivity contribution in [2.24, 2.45) is 0 Å². The number of benzene rings is 1. The Morgan fingerprint density at radius 2 is 2.00 bits per heavy atom. The van der Waals surface area contributed by atoms with E-state index in [4.69, 9.17) is 0 Å². The van der Waals surface area contributed by atoms with Crippen molar-refractivity contribution >= 4 is 5.91 Å². The summed E-state index contributed by atoms with van der Waals surface area (Å²) in [5.74, 6) is -0.615. The summed E-state index contributed by atoms with van der Waals surface area (Å²) in [6.07, 6.45) is 0.0946. The molecule has 1 aromatic carbocycles. The van der Waals surface area contributed by atoms with Crippen LogP contribution in [0.25, 0.3) is 0 Å². The highest BCUT2D eigenvalue weighted by atomic mass is 19.2. The SMILES string of the molecule is O=C(Cc1ccccc1)NF. The summed E-state index contributed by atoms with van der Waals surface area (Å²) in [5, 5.41) is 0. The highest BCUT2D eigenvalue weighted by Gasteiger charge is 1.99. The molecule has 1 amide bonds. The lowest BCUT2D eigenvalue weighted by Crippen LogP contribution is -2.15. The van der Waals surface area contributed by atoms with Crippen LogP contribution in [0.4, 0.5) is 4.48 Å². The summed E-state index contributed by atoms with van der Waals surface area (Å²) < 4.78 is 11.5. The second-order valence-electron chi connectivity index (χ2n) is 2.18. The molecule has 2 nitrogen and oxygen atoms in total. The molecule has 1 rings (SSSR count). The Morgan fingerprint density at radius 3 is 2.55 bits per heavy atom. The zero-order valence-electron chi connectivity index (χ0n) is 5.88. The maximum atomic E-state index is 11.5. The van der Waals surface area contributed by atoms with E-state index in [2.05, 4.69) is 0 Å². The van der Waals surface area contributed by atoms with Crippen molar-refractivity contribution < 1.29 is 9.28 Å². The predicted molar refractivity (Wildman–Crippen MR) is 39.4 cm³/mol. The predicted octanol–water partition coefficient (Wildman–Crippen LogP) is 1.23. The van der Waals surface area contributed by atoms with Gasteiger partial charge in [0.25, 0.3) is 5.91 Å². The van der Waals surface area contributed by atoms with E-state index in [1.807, 2.05) is 6.07 Å². The number of nitrogens with one attached hydrogen (secondary N) is 1. The molecule has 0 aliphatic rings. The minimum Gasteiger partial charge on any atom is -0.272 e. The highest BCUT2D eigenvalue weighted by Crippen LogP contribution is 1.98. The topological polar surface area (TPSA) is 29.1 Å². The van der Waals surface area contributed by atoms with Gasteiger partial charge in [0.2, 0.25) is 0 Å². The number of carbonyl (C=O) groups excluding carboxylic acids is 1. The molecule has 0 unspecified atom stereocenters. The van der Waals surface area contributed by atoms with Gasteiger partial charge in [0.1, 0.15) is 0 Å². The molecule has 0 aromatic heterocycles. The summed E-state index contributed by atoms with van der Waals surface area (Å²) in [6, 6.07) is 9.00. The molecule has 11 heavy (non-hydrogen) atoms. The Balaban J connectivity index is 2.58. The number of rotatable bonds is 2. The van der Waals surface area contributed by atoms with E-state index < -0.39 is 5.91 Å². The van der Waals surface area contributed by atoms with Crippen molar-refractivity contribution in [2.75, 3.05) is 0 Å². The lowest BCUT2D eigenvalue weighted by Gasteiger charge is -1.95. The minimum atomic E-state index is -0.615. The smallest absolute Gasteiger partial charge is 0.252 e. The number of halogens is 1. The lowest BCUT2D eigenvalue weighted by molar-refractivity contribution is -0.124. The molecule has 58 valence electrons. The van der Waals surface area contributed by atoms with Crippen molar-refractivity contribution in [1.29, 1.82) is 0 Å². The van der Waals surface area contributed by atoms with E-state index in [-0.39, 0.29) is 6.42 Å². The molecule has 0 heterocycles. The van der Waals surface area contributed by atoms with Gasteiger partial charge < -0.3 is 0 Å². The van der Waals surface area contributed by atoms with E-state index in [0.717, 1.165) is 11.1 Å². The Morgan fingerprint density at radius 1 is 1.36 bits per heavy atom. The van der Waals surface area contributed by atoms with Gasteiger partial charge in [0.15, 0.2) is 0 Å². The Hall–Kier alpha value is -1.38. The lowest BCUT2D eigenvalue weighted by atomic mass is 10.1. The first kappa shape index (κ1) is 7.72. The van der Waals surface area contributed by atoms with Crippen molar-refractivity contribution in [2.45, 2.75) is 6.42 Å². The zero-order chi connectivity index (χ0) is 8.10. The van der Waals surface area contributed by atoms with E-state index in [9.17, 15) is 9.28 Å². The van der Waals surface area contributed by atoms with Gasteiger partial charge in [-0.05, 0) is 5.56 Å². The monoisotopic (exact) mass is 153 g/mol. The second-order valence-corrected chi connectivity index (χ2v) is 2.18. The Labute approximate surface area is 64.0 Å². The molecular formula is C8H8FNO. The molecule has 0 radical (unpaired) electrons. The van der Waals surface area contributed by atoms with Crippen LogP contribution in [-0.4, -0.2) is 5.91 Å². The standard InChI is InChI=1S/C8H8FNO/c9-10-8(11)6-7-4-2-1-3-5-7/h1-5H,6H2,(H,10,11). The largest absolute Gasteiger partial charge is 0.272 e. The fourth-order valence-corrected chi connectivity index (χ4v) is 0.815. The van der Waals surface area contributed by atoms with E-state index in [0.29, 0.717) is 0 Å². The zero-order valence-corrected chi connectivity index (χ0v) is 5.88. The first-order valence-corrected chi connectivity index (χ1v) is 3.26. The number of hydrogen-bond donors (Lipinski definition) is 1. The minimum absolute atomic E-state index is 0.0946. The number of hydrogen-bond acceptors (Lipinski definition) is 1. The molecule has 0 fully saturated rings. The average Bonchev–Trinajstić information content (AvgIpc) is 2.06. The van der Waals surface area contributed by atoms with E-state index >= 15 is 0 Å². The van der Waals surface area contributed by atoms with Crippen LogP contribution in [0.1, 0.15) is 5.56 Å². The van der Waals surface area contributed by atoms with Gasteiger partial charge in [-0.2, -0.15) is 5.54 Å². The van der Waals surface area contributed by atoms with Crippen LogP contribution >= 0.6 is 0 Å². The third-order valence-electron chi connectivity index (χ3n) is 1.31.